The van der Waals surface area contributed by atoms with E-state index in [2.05, 4.69) is 4.98 Å². The number of nitrogens with zero attached hydrogens (tertiary/aromatic N) is 2. The summed E-state index contributed by atoms with van der Waals surface area (Å²) in [5.41, 5.74) is 7.75. The summed E-state index contributed by atoms with van der Waals surface area (Å²) in [6, 6.07) is 14.5. The van der Waals surface area contributed by atoms with Crippen LogP contribution in [0.5, 0.6) is 0 Å². The molecule has 1 atom stereocenters. The highest BCUT2D eigenvalue weighted by Crippen LogP contribution is 2.14. The molecular formula is C16H21Cl2N3O. The number of likely N-dealkylation sites (N-methyl/N-ethyl adjacent to an activating group) is 1. The molecule has 0 spiro atoms. The van der Waals surface area contributed by atoms with Gasteiger partial charge in [0.05, 0.1) is 12.2 Å². The van der Waals surface area contributed by atoms with E-state index in [1.54, 1.807) is 11.1 Å². The van der Waals surface area contributed by atoms with E-state index in [0.29, 0.717) is 13.1 Å². The molecule has 4 nitrogen and oxygen atoms in total. The Morgan fingerprint density at radius 1 is 1.14 bits per heavy atom. The Morgan fingerprint density at radius 3 is 2.32 bits per heavy atom. The van der Waals surface area contributed by atoms with E-state index in [-0.39, 0.29) is 30.7 Å². The number of carbonyl (C=O) groups excluding carboxylic acids is 1. The fourth-order valence-corrected chi connectivity index (χ4v) is 2.03. The van der Waals surface area contributed by atoms with Crippen molar-refractivity contribution in [1.29, 1.82) is 0 Å². The quantitative estimate of drug-likeness (QED) is 0.909. The van der Waals surface area contributed by atoms with Crippen molar-refractivity contribution in [2.75, 3.05) is 6.54 Å². The molecule has 0 aliphatic carbocycles. The summed E-state index contributed by atoms with van der Waals surface area (Å²) >= 11 is 0. The topological polar surface area (TPSA) is 59.2 Å². The van der Waals surface area contributed by atoms with Crippen LogP contribution in [0.2, 0.25) is 0 Å². The average molecular weight is 342 g/mol. The molecule has 0 saturated heterocycles. The fraction of sp³-hybridized carbons (Fsp3) is 0.250. The second-order valence-corrected chi connectivity index (χ2v) is 4.56. The Bertz CT molecular complexity index is 552. The predicted octanol–water partition coefficient (Wildman–Crippen LogP) is 2.97. The van der Waals surface area contributed by atoms with E-state index < -0.39 is 6.04 Å². The second kappa shape index (κ2) is 10.2. The van der Waals surface area contributed by atoms with Crippen LogP contribution in [-0.2, 0) is 11.3 Å². The first kappa shape index (κ1) is 20.4. The number of halogens is 2. The van der Waals surface area contributed by atoms with Crippen LogP contribution in [0, 0.1) is 0 Å². The van der Waals surface area contributed by atoms with Gasteiger partial charge in [0.15, 0.2) is 0 Å². The number of carbonyl (C=O) groups is 1. The van der Waals surface area contributed by atoms with Crippen molar-refractivity contribution in [2.24, 2.45) is 5.73 Å². The molecule has 1 aromatic carbocycles. The normalized spacial score (nSPS) is 10.8. The van der Waals surface area contributed by atoms with Crippen LogP contribution in [0.4, 0.5) is 0 Å². The molecule has 0 radical (unpaired) electrons. The van der Waals surface area contributed by atoms with Gasteiger partial charge in [0.1, 0.15) is 6.04 Å². The zero-order chi connectivity index (χ0) is 14.4. The Kier molecular flexibility index (Phi) is 9.42. The van der Waals surface area contributed by atoms with Crippen LogP contribution in [0.25, 0.3) is 0 Å². The third-order valence-corrected chi connectivity index (χ3v) is 3.20. The lowest BCUT2D eigenvalue weighted by Crippen LogP contribution is -2.38. The van der Waals surface area contributed by atoms with Crippen LogP contribution in [0.15, 0.2) is 54.7 Å². The van der Waals surface area contributed by atoms with Crippen LogP contribution in [0.1, 0.15) is 24.2 Å². The summed E-state index contributed by atoms with van der Waals surface area (Å²) in [5.74, 6) is -0.0793. The molecule has 0 saturated carbocycles. The van der Waals surface area contributed by atoms with E-state index >= 15 is 0 Å². The summed E-state index contributed by atoms with van der Waals surface area (Å²) in [5, 5.41) is 0. The van der Waals surface area contributed by atoms with E-state index in [1.165, 1.54) is 0 Å². The summed E-state index contributed by atoms with van der Waals surface area (Å²) in [6.45, 7) is 3.03. The minimum Gasteiger partial charge on any atom is -0.335 e. The highest BCUT2D eigenvalue weighted by molar-refractivity contribution is 5.85. The molecule has 1 amide bonds. The van der Waals surface area contributed by atoms with E-state index in [9.17, 15) is 4.79 Å². The van der Waals surface area contributed by atoms with Gasteiger partial charge in [0.25, 0.3) is 0 Å². The number of hydrogen-bond donors (Lipinski definition) is 1. The van der Waals surface area contributed by atoms with Crippen molar-refractivity contribution >= 4 is 30.7 Å². The van der Waals surface area contributed by atoms with E-state index in [0.717, 1.165) is 11.3 Å². The lowest BCUT2D eigenvalue weighted by atomic mass is 10.1. The average Bonchev–Trinajstić information content (AvgIpc) is 2.53. The van der Waals surface area contributed by atoms with Gasteiger partial charge in [-0.05, 0) is 24.6 Å². The summed E-state index contributed by atoms with van der Waals surface area (Å²) < 4.78 is 0. The largest absolute Gasteiger partial charge is 0.335 e. The van der Waals surface area contributed by atoms with Crippen LogP contribution in [-0.4, -0.2) is 22.3 Å². The SMILES string of the molecule is CCN(Cc1ccccn1)C(=O)C(N)c1ccccc1.Cl.Cl. The molecule has 0 fully saturated rings. The molecule has 22 heavy (non-hydrogen) atoms. The third kappa shape index (κ3) is 5.30. The molecule has 0 aliphatic heterocycles. The monoisotopic (exact) mass is 341 g/mol. The summed E-state index contributed by atoms with van der Waals surface area (Å²) in [7, 11) is 0. The number of nitrogens with two attached hydrogens (primary N) is 1. The van der Waals surface area contributed by atoms with Gasteiger partial charge >= 0.3 is 0 Å². The van der Waals surface area contributed by atoms with Crippen LogP contribution >= 0.6 is 24.8 Å². The first-order valence-corrected chi connectivity index (χ1v) is 6.71. The number of rotatable bonds is 5. The van der Waals surface area contributed by atoms with Crippen molar-refractivity contribution < 1.29 is 4.79 Å². The first-order chi connectivity index (χ1) is 9.72. The molecule has 0 aliphatic rings. The third-order valence-electron chi connectivity index (χ3n) is 3.20. The van der Waals surface area contributed by atoms with E-state index in [1.807, 2.05) is 55.5 Å². The van der Waals surface area contributed by atoms with Gasteiger partial charge in [-0.1, -0.05) is 36.4 Å². The Labute approximate surface area is 143 Å². The minimum atomic E-state index is -0.625. The fourth-order valence-electron chi connectivity index (χ4n) is 2.03. The van der Waals surface area contributed by atoms with Crippen molar-refractivity contribution in [3.05, 3.63) is 66.0 Å². The number of amides is 1. The molecule has 0 bridgehead atoms. The number of pyridine rings is 1. The zero-order valence-corrected chi connectivity index (χ0v) is 14.0. The highest BCUT2D eigenvalue weighted by Gasteiger charge is 2.21. The number of benzene rings is 1. The Balaban J connectivity index is 0.00000220. The van der Waals surface area contributed by atoms with Gasteiger partial charge in [0.2, 0.25) is 5.91 Å². The predicted molar refractivity (Wildman–Crippen MR) is 93.2 cm³/mol. The van der Waals surface area contributed by atoms with Crippen molar-refractivity contribution in [1.82, 2.24) is 9.88 Å². The summed E-state index contributed by atoms with van der Waals surface area (Å²) in [6.07, 6.45) is 1.73. The summed E-state index contributed by atoms with van der Waals surface area (Å²) in [4.78, 5) is 18.4. The molecule has 6 heteroatoms. The van der Waals surface area contributed by atoms with Crippen molar-refractivity contribution in [3.8, 4) is 0 Å². The first-order valence-electron chi connectivity index (χ1n) is 6.71. The maximum absolute atomic E-state index is 12.5. The van der Waals surface area contributed by atoms with Crippen LogP contribution < -0.4 is 5.73 Å². The van der Waals surface area contributed by atoms with Gasteiger partial charge < -0.3 is 10.6 Å². The van der Waals surface area contributed by atoms with Crippen LogP contribution in [0.3, 0.4) is 0 Å². The molecule has 2 rings (SSSR count). The standard InChI is InChI=1S/C16H19N3O.2ClH/c1-2-19(12-14-10-6-7-11-18-14)16(20)15(17)13-8-4-3-5-9-13;;/h3-11,15H,2,12,17H2,1H3;2*1H. The molecule has 2 aromatic rings. The van der Waals surface area contributed by atoms with Crippen molar-refractivity contribution in [2.45, 2.75) is 19.5 Å². The Hall–Kier alpha value is -1.62. The smallest absolute Gasteiger partial charge is 0.244 e. The van der Waals surface area contributed by atoms with Gasteiger partial charge in [-0.3, -0.25) is 9.78 Å². The molecule has 1 unspecified atom stereocenters. The van der Waals surface area contributed by atoms with Gasteiger partial charge in [0, 0.05) is 12.7 Å². The van der Waals surface area contributed by atoms with Gasteiger partial charge in [-0.25, -0.2) is 0 Å². The number of hydrogen-bond acceptors (Lipinski definition) is 3. The maximum atomic E-state index is 12.5. The molecule has 120 valence electrons. The Morgan fingerprint density at radius 2 is 1.77 bits per heavy atom. The number of aromatic nitrogens is 1. The molecule has 2 N–H and O–H groups in total. The second-order valence-electron chi connectivity index (χ2n) is 4.56. The van der Waals surface area contributed by atoms with Gasteiger partial charge in [-0.15, -0.1) is 24.8 Å². The molecule has 1 aromatic heterocycles. The molecule has 1 heterocycles. The van der Waals surface area contributed by atoms with Crippen molar-refractivity contribution in [3.63, 3.8) is 0 Å². The maximum Gasteiger partial charge on any atom is 0.244 e. The minimum absolute atomic E-state index is 0. The molecular weight excluding hydrogens is 321 g/mol. The van der Waals surface area contributed by atoms with Gasteiger partial charge in [-0.2, -0.15) is 0 Å². The lowest BCUT2D eigenvalue weighted by Gasteiger charge is -2.24. The highest BCUT2D eigenvalue weighted by atomic mass is 35.5. The van der Waals surface area contributed by atoms with E-state index in [4.69, 9.17) is 5.73 Å². The lowest BCUT2D eigenvalue weighted by molar-refractivity contribution is -0.133. The zero-order valence-electron chi connectivity index (χ0n) is 12.4.